The van der Waals surface area contributed by atoms with Crippen LogP contribution < -0.4 is 10.6 Å². The first-order valence-corrected chi connectivity index (χ1v) is 7.31. The molecule has 0 unspecified atom stereocenters. The molecule has 2 aliphatic carbocycles. The summed E-state index contributed by atoms with van der Waals surface area (Å²) >= 11 is 0. The van der Waals surface area contributed by atoms with Gasteiger partial charge in [0.15, 0.2) is 0 Å². The van der Waals surface area contributed by atoms with E-state index in [0.717, 1.165) is 43.2 Å². The molecule has 4 nitrogen and oxygen atoms in total. The van der Waals surface area contributed by atoms with Crippen molar-refractivity contribution in [2.24, 2.45) is 11.7 Å². The number of nitrogen functional groups attached to an aromatic ring is 1. The van der Waals surface area contributed by atoms with Crippen molar-refractivity contribution in [2.45, 2.75) is 39.0 Å². The van der Waals surface area contributed by atoms with Gasteiger partial charge in [-0.25, -0.2) is 4.98 Å². The molecule has 0 aromatic carbocycles. The molecule has 0 bridgehead atoms. The van der Waals surface area contributed by atoms with E-state index in [0.29, 0.717) is 0 Å². The SMILES string of the molecule is CCN(CC1CC1)c1nc2c(cc1C(=N)N)CCC2. The number of rotatable bonds is 5. The van der Waals surface area contributed by atoms with Crippen LogP contribution in [0.15, 0.2) is 6.07 Å². The van der Waals surface area contributed by atoms with Crippen molar-refractivity contribution in [2.75, 3.05) is 18.0 Å². The summed E-state index contributed by atoms with van der Waals surface area (Å²) < 4.78 is 0. The van der Waals surface area contributed by atoms with E-state index in [9.17, 15) is 0 Å². The Morgan fingerprint density at radius 3 is 2.89 bits per heavy atom. The number of aromatic nitrogens is 1. The number of pyridine rings is 1. The largest absolute Gasteiger partial charge is 0.384 e. The minimum atomic E-state index is 0.145. The van der Waals surface area contributed by atoms with Gasteiger partial charge in [0, 0.05) is 18.8 Å². The number of aryl methyl sites for hydroxylation is 2. The second-order valence-electron chi connectivity index (χ2n) is 5.71. The fraction of sp³-hybridized carbons (Fsp3) is 0.600. The lowest BCUT2D eigenvalue weighted by atomic mass is 10.1. The van der Waals surface area contributed by atoms with Gasteiger partial charge in [-0.2, -0.15) is 0 Å². The molecule has 1 fully saturated rings. The highest BCUT2D eigenvalue weighted by Gasteiger charge is 2.27. The second kappa shape index (κ2) is 4.83. The van der Waals surface area contributed by atoms with Gasteiger partial charge in [0.1, 0.15) is 11.7 Å². The third-order valence-electron chi connectivity index (χ3n) is 4.18. The zero-order chi connectivity index (χ0) is 13.4. The number of hydrogen-bond donors (Lipinski definition) is 2. The summed E-state index contributed by atoms with van der Waals surface area (Å²) in [6.07, 6.45) is 5.99. The van der Waals surface area contributed by atoms with Gasteiger partial charge in [-0.15, -0.1) is 0 Å². The molecule has 0 amide bonds. The predicted molar refractivity (Wildman–Crippen MR) is 77.9 cm³/mol. The molecule has 1 aromatic rings. The summed E-state index contributed by atoms with van der Waals surface area (Å²) in [4.78, 5) is 7.13. The molecule has 2 aliphatic rings. The lowest BCUT2D eigenvalue weighted by Crippen LogP contribution is -2.29. The molecular formula is C15H22N4. The summed E-state index contributed by atoms with van der Waals surface area (Å²) in [6.45, 7) is 4.15. The van der Waals surface area contributed by atoms with Crippen LogP contribution >= 0.6 is 0 Å². The van der Waals surface area contributed by atoms with Crippen molar-refractivity contribution in [1.82, 2.24) is 4.98 Å². The minimum absolute atomic E-state index is 0.145. The monoisotopic (exact) mass is 258 g/mol. The van der Waals surface area contributed by atoms with E-state index in [1.54, 1.807) is 0 Å². The molecule has 19 heavy (non-hydrogen) atoms. The van der Waals surface area contributed by atoms with Crippen LogP contribution in [0.5, 0.6) is 0 Å². The summed E-state index contributed by atoms with van der Waals surface area (Å²) in [6, 6.07) is 2.10. The van der Waals surface area contributed by atoms with Gasteiger partial charge in [0.25, 0.3) is 0 Å². The number of anilines is 1. The Hall–Kier alpha value is -1.58. The summed E-state index contributed by atoms with van der Waals surface area (Å²) in [5, 5.41) is 7.82. The van der Waals surface area contributed by atoms with E-state index in [1.165, 1.54) is 30.5 Å². The molecule has 3 rings (SSSR count). The normalized spacial score (nSPS) is 17.3. The van der Waals surface area contributed by atoms with Crippen LogP contribution in [0.25, 0.3) is 0 Å². The third kappa shape index (κ3) is 2.44. The number of nitrogens with two attached hydrogens (primary N) is 1. The molecule has 1 aromatic heterocycles. The van der Waals surface area contributed by atoms with Gasteiger partial charge >= 0.3 is 0 Å². The zero-order valence-electron chi connectivity index (χ0n) is 11.6. The molecule has 0 saturated heterocycles. The fourth-order valence-electron chi connectivity index (χ4n) is 2.88. The van der Waals surface area contributed by atoms with E-state index in [-0.39, 0.29) is 5.84 Å². The topological polar surface area (TPSA) is 66.0 Å². The molecule has 0 aliphatic heterocycles. The zero-order valence-corrected chi connectivity index (χ0v) is 11.6. The summed E-state index contributed by atoms with van der Waals surface area (Å²) in [5.41, 5.74) is 9.09. The Morgan fingerprint density at radius 2 is 2.26 bits per heavy atom. The smallest absolute Gasteiger partial charge is 0.139 e. The van der Waals surface area contributed by atoms with Gasteiger partial charge in [0.05, 0.1) is 5.56 Å². The number of fused-ring (bicyclic) bond motifs is 1. The van der Waals surface area contributed by atoms with Crippen LogP contribution in [-0.4, -0.2) is 23.9 Å². The summed E-state index contributed by atoms with van der Waals surface area (Å²) in [5.74, 6) is 1.89. The molecule has 0 atom stereocenters. The predicted octanol–water partition coefficient (Wildman–Crippen LogP) is 2.09. The highest BCUT2D eigenvalue weighted by molar-refractivity contribution is 6.00. The second-order valence-corrected chi connectivity index (χ2v) is 5.71. The van der Waals surface area contributed by atoms with Crippen molar-refractivity contribution in [3.05, 3.63) is 22.9 Å². The quantitative estimate of drug-likeness (QED) is 0.628. The van der Waals surface area contributed by atoms with Crippen LogP contribution in [0.2, 0.25) is 0 Å². The Labute approximate surface area is 114 Å². The molecule has 3 N–H and O–H groups in total. The van der Waals surface area contributed by atoms with E-state index in [2.05, 4.69) is 17.9 Å². The van der Waals surface area contributed by atoms with E-state index < -0.39 is 0 Å². The van der Waals surface area contributed by atoms with Crippen LogP contribution in [-0.2, 0) is 12.8 Å². The van der Waals surface area contributed by atoms with Crippen molar-refractivity contribution in [3.63, 3.8) is 0 Å². The molecule has 4 heteroatoms. The van der Waals surface area contributed by atoms with Crippen molar-refractivity contribution in [3.8, 4) is 0 Å². The molecule has 102 valence electrons. The number of amidine groups is 1. The van der Waals surface area contributed by atoms with E-state index in [1.807, 2.05) is 0 Å². The van der Waals surface area contributed by atoms with Crippen molar-refractivity contribution < 1.29 is 0 Å². The van der Waals surface area contributed by atoms with Gasteiger partial charge < -0.3 is 10.6 Å². The lowest BCUT2D eigenvalue weighted by molar-refractivity contribution is 0.728. The van der Waals surface area contributed by atoms with Crippen LogP contribution in [0.3, 0.4) is 0 Å². The van der Waals surface area contributed by atoms with Gasteiger partial charge in [-0.3, -0.25) is 5.41 Å². The van der Waals surface area contributed by atoms with Crippen molar-refractivity contribution in [1.29, 1.82) is 5.41 Å². The lowest BCUT2D eigenvalue weighted by Gasteiger charge is -2.25. The summed E-state index contributed by atoms with van der Waals surface area (Å²) in [7, 11) is 0. The van der Waals surface area contributed by atoms with Crippen molar-refractivity contribution >= 4 is 11.7 Å². The number of nitrogens with one attached hydrogen (secondary N) is 1. The van der Waals surface area contributed by atoms with Gasteiger partial charge in [-0.1, -0.05) is 0 Å². The molecule has 1 heterocycles. The third-order valence-corrected chi connectivity index (χ3v) is 4.18. The maximum Gasteiger partial charge on any atom is 0.139 e. The Bertz CT molecular complexity index is 505. The number of nitrogens with zero attached hydrogens (tertiary/aromatic N) is 2. The molecule has 1 saturated carbocycles. The van der Waals surface area contributed by atoms with Gasteiger partial charge in [0.2, 0.25) is 0 Å². The first-order chi connectivity index (χ1) is 9.19. The highest BCUT2D eigenvalue weighted by Crippen LogP contribution is 2.33. The Balaban J connectivity index is 1.99. The Morgan fingerprint density at radius 1 is 1.47 bits per heavy atom. The minimum Gasteiger partial charge on any atom is -0.384 e. The molecule has 0 radical (unpaired) electrons. The van der Waals surface area contributed by atoms with Crippen LogP contribution in [0, 0.1) is 11.3 Å². The molecule has 0 spiro atoms. The van der Waals surface area contributed by atoms with Crippen LogP contribution in [0.1, 0.15) is 43.0 Å². The number of hydrogen-bond acceptors (Lipinski definition) is 3. The average Bonchev–Trinajstić information content (AvgIpc) is 3.10. The average molecular weight is 258 g/mol. The standard InChI is InChI=1S/C15H22N4/c1-2-19(9-10-6-7-10)15-12(14(16)17)8-11-4-3-5-13(11)18-15/h8,10H,2-7,9H2,1H3,(H3,16,17). The van der Waals surface area contributed by atoms with E-state index >= 15 is 0 Å². The molecular weight excluding hydrogens is 236 g/mol. The van der Waals surface area contributed by atoms with Gasteiger partial charge in [-0.05, 0) is 56.6 Å². The Kier molecular flexibility index (Phi) is 3.17. The highest BCUT2D eigenvalue weighted by atomic mass is 15.2. The maximum atomic E-state index is 7.82. The first-order valence-electron chi connectivity index (χ1n) is 7.31. The maximum absolute atomic E-state index is 7.82. The first kappa shape index (κ1) is 12.5. The van der Waals surface area contributed by atoms with Crippen LogP contribution in [0.4, 0.5) is 5.82 Å². The van der Waals surface area contributed by atoms with E-state index in [4.69, 9.17) is 16.1 Å². The fourth-order valence-corrected chi connectivity index (χ4v) is 2.88.